The number of nitrogens with one attached hydrogen (secondary N) is 2. The van der Waals surface area contributed by atoms with Crippen molar-refractivity contribution in [3.63, 3.8) is 0 Å². The molecule has 32 heavy (non-hydrogen) atoms. The summed E-state index contributed by atoms with van der Waals surface area (Å²) in [5, 5.41) is 12.9. The number of sulfonamides is 1. The number of nitriles is 1. The summed E-state index contributed by atoms with van der Waals surface area (Å²) >= 11 is 0. The van der Waals surface area contributed by atoms with Crippen LogP contribution in [0, 0.1) is 16.7 Å². The van der Waals surface area contributed by atoms with Crippen LogP contribution in [0.15, 0.2) is 34.2 Å². The zero-order valence-electron chi connectivity index (χ0n) is 19.3. The van der Waals surface area contributed by atoms with Crippen molar-refractivity contribution in [3.8, 4) is 6.07 Å². The van der Waals surface area contributed by atoms with Crippen LogP contribution < -0.4 is 10.0 Å². The molecule has 2 aliphatic rings. The smallest absolute Gasteiger partial charge is 0.263 e. The molecule has 1 aromatic rings. The van der Waals surface area contributed by atoms with Crippen molar-refractivity contribution >= 4 is 21.8 Å². The molecule has 2 N–H and O–H groups in total. The van der Waals surface area contributed by atoms with Crippen molar-refractivity contribution in [3.05, 3.63) is 29.8 Å². The number of carbonyl (C=O) groups is 1. The van der Waals surface area contributed by atoms with Gasteiger partial charge >= 0.3 is 0 Å². The largest absolute Gasteiger partial charge is 0.336 e. The van der Waals surface area contributed by atoms with E-state index in [0.29, 0.717) is 24.8 Å². The third kappa shape index (κ3) is 5.48. The first-order chi connectivity index (χ1) is 15.0. The monoisotopic (exact) mass is 459 g/mol. The van der Waals surface area contributed by atoms with E-state index in [9.17, 15) is 18.5 Å². The number of likely N-dealkylation sites (tertiary alicyclic amines) is 1. The molecule has 174 valence electrons. The average Bonchev–Trinajstić information content (AvgIpc) is 2.98. The highest BCUT2D eigenvalue weighted by Gasteiger charge is 2.39. The normalized spacial score (nSPS) is 21.9. The summed E-state index contributed by atoms with van der Waals surface area (Å²) in [6.07, 6.45) is 2.58. The lowest BCUT2D eigenvalue weighted by atomic mass is 9.85. The van der Waals surface area contributed by atoms with Crippen LogP contribution >= 0.6 is 0 Å². The molecule has 1 saturated heterocycles. The van der Waals surface area contributed by atoms with Crippen LogP contribution in [0.4, 0.5) is 0 Å². The van der Waals surface area contributed by atoms with Crippen LogP contribution in [0.3, 0.4) is 0 Å². The molecule has 9 heteroatoms. The summed E-state index contributed by atoms with van der Waals surface area (Å²) in [6.45, 7) is 10.6. The standard InChI is InChI=1S/C23H33N5O3S/c1-5-12-28-13-10-23(16-24,11-14-28)26-21(29)18(15-22(2,3)4)25-20-17-8-6-7-9-19(17)32(30,31)27-20/h6-9,18H,5,10-15H2,1-4H3,(H,25,27)(H,26,29)/t18-/m0/s1. The molecule has 8 nitrogen and oxygen atoms in total. The number of carbonyl (C=O) groups excluding carboxylic acids is 1. The summed E-state index contributed by atoms with van der Waals surface area (Å²) in [5.74, 6) is -0.171. The second kappa shape index (κ2) is 9.20. The Bertz CT molecular complexity index is 1030. The lowest BCUT2D eigenvalue weighted by Crippen LogP contribution is -2.56. The lowest BCUT2D eigenvalue weighted by Gasteiger charge is -2.38. The third-order valence-electron chi connectivity index (χ3n) is 5.88. The maximum atomic E-state index is 13.4. The minimum Gasteiger partial charge on any atom is -0.336 e. The van der Waals surface area contributed by atoms with Crippen molar-refractivity contribution in [2.75, 3.05) is 19.6 Å². The summed E-state index contributed by atoms with van der Waals surface area (Å²) in [6, 6.07) is 8.11. The Morgan fingerprint density at radius 3 is 2.56 bits per heavy atom. The van der Waals surface area contributed by atoms with Crippen LogP contribution in [0.5, 0.6) is 0 Å². The van der Waals surface area contributed by atoms with E-state index in [2.05, 4.69) is 32.9 Å². The van der Waals surface area contributed by atoms with Gasteiger partial charge in [-0.3, -0.25) is 14.5 Å². The number of aliphatic imine (C=N–C) groups is 1. The highest BCUT2D eigenvalue weighted by molar-refractivity contribution is 7.90. The second-order valence-corrected chi connectivity index (χ2v) is 11.5. The number of piperidine rings is 1. The van der Waals surface area contributed by atoms with E-state index in [1.807, 2.05) is 20.8 Å². The number of fused-ring (bicyclic) bond motifs is 1. The summed E-state index contributed by atoms with van der Waals surface area (Å²) in [4.78, 5) is 20.4. The van der Waals surface area contributed by atoms with Gasteiger partial charge in [-0.15, -0.1) is 0 Å². The third-order valence-corrected chi connectivity index (χ3v) is 7.28. The zero-order chi connectivity index (χ0) is 23.6. The predicted molar refractivity (Wildman–Crippen MR) is 124 cm³/mol. The average molecular weight is 460 g/mol. The minimum atomic E-state index is -3.70. The van der Waals surface area contributed by atoms with Gasteiger partial charge in [0, 0.05) is 18.7 Å². The first-order valence-electron chi connectivity index (χ1n) is 11.1. The van der Waals surface area contributed by atoms with Crippen molar-refractivity contribution in [2.24, 2.45) is 10.4 Å². The van der Waals surface area contributed by atoms with Crippen molar-refractivity contribution in [2.45, 2.75) is 69.9 Å². The molecule has 0 bridgehead atoms. The number of nitrogens with zero attached hydrogens (tertiary/aromatic N) is 3. The second-order valence-electron chi connectivity index (χ2n) is 9.88. The molecule has 0 unspecified atom stereocenters. The van der Waals surface area contributed by atoms with E-state index < -0.39 is 21.6 Å². The molecular formula is C23H33N5O3S. The molecule has 2 aliphatic heterocycles. The van der Waals surface area contributed by atoms with E-state index >= 15 is 0 Å². The number of amidine groups is 1. The van der Waals surface area contributed by atoms with Crippen LogP contribution in [0.25, 0.3) is 0 Å². The molecule has 1 atom stereocenters. The molecule has 0 saturated carbocycles. The topological polar surface area (TPSA) is 115 Å². The summed E-state index contributed by atoms with van der Waals surface area (Å²) in [7, 11) is -3.70. The highest BCUT2D eigenvalue weighted by atomic mass is 32.2. The van der Waals surface area contributed by atoms with Crippen LogP contribution in [-0.2, 0) is 14.8 Å². The molecule has 2 heterocycles. The van der Waals surface area contributed by atoms with E-state index in [-0.39, 0.29) is 22.1 Å². The Kier molecular flexibility index (Phi) is 6.96. The molecule has 0 spiro atoms. The molecule has 3 rings (SSSR count). The summed E-state index contributed by atoms with van der Waals surface area (Å²) in [5.41, 5.74) is -0.694. The SMILES string of the molecule is CCCN1CCC(C#N)(NC(=O)[C@H](CC(C)(C)C)N=C2NS(=O)(=O)c3ccccc32)CC1. The first-order valence-corrected chi connectivity index (χ1v) is 12.6. The molecule has 1 aromatic carbocycles. The van der Waals surface area contributed by atoms with Crippen molar-refractivity contribution < 1.29 is 13.2 Å². The van der Waals surface area contributed by atoms with Gasteiger partial charge in [0.05, 0.1) is 11.0 Å². The lowest BCUT2D eigenvalue weighted by molar-refractivity contribution is -0.124. The van der Waals surface area contributed by atoms with E-state index in [1.54, 1.807) is 18.2 Å². The van der Waals surface area contributed by atoms with E-state index in [4.69, 9.17) is 0 Å². The van der Waals surface area contributed by atoms with Gasteiger partial charge < -0.3 is 10.2 Å². The number of hydrogen-bond donors (Lipinski definition) is 2. The quantitative estimate of drug-likeness (QED) is 0.678. The van der Waals surface area contributed by atoms with Gasteiger partial charge in [0.1, 0.15) is 17.4 Å². The summed E-state index contributed by atoms with van der Waals surface area (Å²) < 4.78 is 27.4. The van der Waals surface area contributed by atoms with Gasteiger partial charge in [0.2, 0.25) is 5.91 Å². The number of hydrogen-bond acceptors (Lipinski definition) is 6. The zero-order valence-corrected chi connectivity index (χ0v) is 20.1. The number of amides is 1. The van der Waals surface area contributed by atoms with Crippen molar-refractivity contribution in [1.82, 2.24) is 14.9 Å². The maximum absolute atomic E-state index is 13.4. The fourth-order valence-electron chi connectivity index (χ4n) is 4.22. The maximum Gasteiger partial charge on any atom is 0.263 e. The first kappa shape index (κ1) is 24.2. The Balaban J connectivity index is 1.86. The Labute approximate surface area is 191 Å². The minimum absolute atomic E-state index is 0.158. The molecule has 1 amide bonds. The van der Waals surface area contributed by atoms with Crippen LogP contribution in [0.2, 0.25) is 0 Å². The highest BCUT2D eigenvalue weighted by Crippen LogP contribution is 2.28. The van der Waals surface area contributed by atoms with Gasteiger partial charge in [-0.25, -0.2) is 8.42 Å². The molecule has 0 radical (unpaired) electrons. The number of benzene rings is 1. The Morgan fingerprint density at radius 2 is 1.97 bits per heavy atom. The molecule has 0 aliphatic carbocycles. The Morgan fingerprint density at radius 1 is 1.31 bits per heavy atom. The van der Waals surface area contributed by atoms with Gasteiger partial charge in [-0.2, -0.15) is 5.26 Å². The van der Waals surface area contributed by atoms with E-state index in [0.717, 1.165) is 26.1 Å². The Hall–Kier alpha value is -2.44. The van der Waals surface area contributed by atoms with Gasteiger partial charge in [0.15, 0.2) is 0 Å². The van der Waals surface area contributed by atoms with Gasteiger partial charge in [-0.05, 0) is 49.8 Å². The van der Waals surface area contributed by atoms with Crippen LogP contribution in [-0.4, -0.2) is 56.3 Å². The number of rotatable bonds is 6. The molecule has 1 fully saturated rings. The molecular weight excluding hydrogens is 426 g/mol. The van der Waals surface area contributed by atoms with Crippen molar-refractivity contribution in [1.29, 1.82) is 5.26 Å². The fourth-order valence-corrected chi connectivity index (χ4v) is 5.46. The fraction of sp³-hybridized carbons (Fsp3) is 0.609. The van der Waals surface area contributed by atoms with Gasteiger partial charge in [0.25, 0.3) is 10.0 Å². The predicted octanol–water partition coefficient (Wildman–Crippen LogP) is 2.41. The van der Waals surface area contributed by atoms with Crippen LogP contribution in [0.1, 0.15) is 58.9 Å². The molecule has 0 aromatic heterocycles. The van der Waals surface area contributed by atoms with Gasteiger partial charge in [-0.1, -0.05) is 39.8 Å². The van der Waals surface area contributed by atoms with E-state index in [1.165, 1.54) is 6.07 Å².